The Balaban J connectivity index is 1.62. The number of ether oxygens (including phenoxy) is 3. The number of aromatic nitrogens is 3. The molecule has 1 aromatic heterocycles. The molecule has 164 valence electrons. The molecule has 3 aromatic rings. The Morgan fingerprint density at radius 3 is 2.23 bits per heavy atom. The number of hydrogen-bond donors (Lipinski definition) is 1. The monoisotopic (exact) mass is 442 g/mol. The van der Waals surface area contributed by atoms with Crippen molar-refractivity contribution in [1.82, 2.24) is 20.1 Å². The maximum absolute atomic E-state index is 12.3. The van der Waals surface area contributed by atoms with Crippen LogP contribution in [0.15, 0.2) is 53.7 Å². The Labute approximate surface area is 185 Å². The van der Waals surface area contributed by atoms with Gasteiger partial charge in [-0.2, -0.15) is 0 Å². The molecular weight excluding hydrogens is 416 g/mol. The zero-order valence-electron chi connectivity index (χ0n) is 17.8. The number of thioether (sulfide) groups is 1. The van der Waals surface area contributed by atoms with Gasteiger partial charge in [0, 0.05) is 19.2 Å². The SMILES string of the molecule is COCCn1c(SCC(=O)NCc2ccc(OC)cc2)nnc1-c1ccc(OC)cc1. The third kappa shape index (κ3) is 6.22. The molecule has 3 rings (SSSR count). The first-order valence-corrected chi connectivity index (χ1v) is 10.7. The lowest BCUT2D eigenvalue weighted by molar-refractivity contribution is -0.118. The van der Waals surface area contributed by atoms with Gasteiger partial charge in [-0.25, -0.2) is 0 Å². The molecule has 8 nitrogen and oxygen atoms in total. The van der Waals surface area contributed by atoms with Crippen LogP contribution in [-0.2, 0) is 22.6 Å². The van der Waals surface area contributed by atoms with Crippen LogP contribution in [0, 0.1) is 0 Å². The predicted octanol–water partition coefficient (Wildman–Crippen LogP) is 3.02. The first-order chi connectivity index (χ1) is 15.1. The number of benzene rings is 2. The zero-order valence-corrected chi connectivity index (χ0v) is 18.6. The average Bonchev–Trinajstić information content (AvgIpc) is 3.23. The second-order valence-corrected chi connectivity index (χ2v) is 7.54. The molecule has 0 bridgehead atoms. The van der Waals surface area contributed by atoms with Crippen molar-refractivity contribution in [1.29, 1.82) is 0 Å². The molecule has 1 amide bonds. The van der Waals surface area contributed by atoms with E-state index in [1.807, 2.05) is 53.1 Å². The quantitative estimate of drug-likeness (QED) is 0.457. The van der Waals surface area contributed by atoms with Gasteiger partial charge in [0.05, 0.1) is 33.1 Å². The number of nitrogens with zero attached hydrogens (tertiary/aromatic N) is 3. The summed E-state index contributed by atoms with van der Waals surface area (Å²) in [5.74, 6) is 2.45. The molecule has 0 saturated carbocycles. The molecule has 0 unspecified atom stereocenters. The molecular formula is C22H26N4O4S. The van der Waals surface area contributed by atoms with Crippen molar-refractivity contribution in [2.75, 3.05) is 33.7 Å². The average molecular weight is 443 g/mol. The summed E-state index contributed by atoms with van der Waals surface area (Å²) in [7, 11) is 4.90. The van der Waals surface area contributed by atoms with Gasteiger partial charge >= 0.3 is 0 Å². The largest absolute Gasteiger partial charge is 0.497 e. The summed E-state index contributed by atoms with van der Waals surface area (Å²) in [6.07, 6.45) is 0. The number of amides is 1. The molecule has 31 heavy (non-hydrogen) atoms. The molecule has 1 heterocycles. The molecule has 0 radical (unpaired) electrons. The van der Waals surface area contributed by atoms with Gasteiger partial charge in [-0.15, -0.1) is 10.2 Å². The van der Waals surface area contributed by atoms with E-state index in [0.29, 0.717) is 24.9 Å². The van der Waals surface area contributed by atoms with Gasteiger partial charge in [0.25, 0.3) is 0 Å². The number of nitrogens with one attached hydrogen (secondary N) is 1. The molecule has 1 N–H and O–H groups in total. The van der Waals surface area contributed by atoms with E-state index in [-0.39, 0.29) is 11.7 Å². The number of hydrogen-bond acceptors (Lipinski definition) is 7. The van der Waals surface area contributed by atoms with Gasteiger partial charge in [-0.05, 0) is 42.0 Å². The molecule has 0 aliphatic heterocycles. The summed E-state index contributed by atoms with van der Waals surface area (Å²) in [5, 5.41) is 12.2. The number of carbonyl (C=O) groups excluding carboxylic acids is 1. The first-order valence-electron chi connectivity index (χ1n) is 9.73. The molecule has 0 aliphatic rings. The molecule has 0 spiro atoms. The Hall–Kier alpha value is -3.04. The lowest BCUT2D eigenvalue weighted by Crippen LogP contribution is -2.24. The van der Waals surface area contributed by atoms with E-state index in [4.69, 9.17) is 14.2 Å². The molecule has 0 aliphatic carbocycles. The molecule has 0 saturated heterocycles. The Morgan fingerprint density at radius 1 is 0.968 bits per heavy atom. The van der Waals surface area contributed by atoms with E-state index in [1.165, 1.54) is 11.8 Å². The molecule has 9 heteroatoms. The fourth-order valence-corrected chi connectivity index (χ4v) is 3.65. The first kappa shape index (κ1) is 22.6. The lowest BCUT2D eigenvalue weighted by atomic mass is 10.2. The molecule has 2 aromatic carbocycles. The van der Waals surface area contributed by atoms with Crippen LogP contribution in [0.5, 0.6) is 11.5 Å². The van der Waals surface area contributed by atoms with Crippen molar-refractivity contribution in [2.45, 2.75) is 18.2 Å². The van der Waals surface area contributed by atoms with Crippen LogP contribution in [-0.4, -0.2) is 54.4 Å². The van der Waals surface area contributed by atoms with E-state index in [0.717, 1.165) is 28.5 Å². The van der Waals surface area contributed by atoms with Crippen LogP contribution in [0.3, 0.4) is 0 Å². The minimum atomic E-state index is -0.0758. The van der Waals surface area contributed by atoms with Crippen molar-refractivity contribution in [3.63, 3.8) is 0 Å². The molecule has 0 fully saturated rings. The third-order valence-corrected chi connectivity index (χ3v) is 5.53. The van der Waals surface area contributed by atoms with Crippen LogP contribution >= 0.6 is 11.8 Å². The highest BCUT2D eigenvalue weighted by Gasteiger charge is 2.16. The summed E-state index contributed by atoms with van der Waals surface area (Å²) in [4.78, 5) is 12.3. The fraction of sp³-hybridized carbons (Fsp3) is 0.318. The Kier molecular flexibility index (Phi) is 8.31. The normalized spacial score (nSPS) is 10.7. The number of rotatable bonds is 11. The van der Waals surface area contributed by atoms with E-state index < -0.39 is 0 Å². The highest BCUT2D eigenvalue weighted by Crippen LogP contribution is 2.25. The fourth-order valence-electron chi connectivity index (χ4n) is 2.86. The van der Waals surface area contributed by atoms with Crippen molar-refractivity contribution < 1.29 is 19.0 Å². The second-order valence-electron chi connectivity index (χ2n) is 6.59. The van der Waals surface area contributed by atoms with E-state index in [2.05, 4.69) is 15.5 Å². The zero-order chi connectivity index (χ0) is 22.1. The van der Waals surface area contributed by atoms with Crippen LogP contribution in [0.4, 0.5) is 0 Å². The smallest absolute Gasteiger partial charge is 0.230 e. The van der Waals surface area contributed by atoms with Gasteiger partial charge < -0.3 is 19.5 Å². The van der Waals surface area contributed by atoms with E-state index in [9.17, 15) is 4.79 Å². The van der Waals surface area contributed by atoms with Crippen molar-refractivity contribution in [2.24, 2.45) is 0 Å². The number of carbonyl (C=O) groups is 1. The van der Waals surface area contributed by atoms with E-state index >= 15 is 0 Å². The number of methoxy groups -OCH3 is 3. The second kappa shape index (κ2) is 11.4. The highest BCUT2D eigenvalue weighted by molar-refractivity contribution is 7.99. The maximum Gasteiger partial charge on any atom is 0.230 e. The van der Waals surface area contributed by atoms with Crippen LogP contribution < -0.4 is 14.8 Å². The minimum Gasteiger partial charge on any atom is -0.497 e. The van der Waals surface area contributed by atoms with Crippen LogP contribution in [0.25, 0.3) is 11.4 Å². The summed E-state index contributed by atoms with van der Waals surface area (Å²) in [6.45, 7) is 1.55. The topological polar surface area (TPSA) is 87.5 Å². The van der Waals surface area contributed by atoms with Crippen molar-refractivity contribution in [3.05, 3.63) is 54.1 Å². The summed E-state index contributed by atoms with van der Waals surface area (Å²) in [5.41, 5.74) is 1.92. The maximum atomic E-state index is 12.3. The van der Waals surface area contributed by atoms with Crippen molar-refractivity contribution in [3.8, 4) is 22.9 Å². The van der Waals surface area contributed by atoms with Gasteiger partial charge in [0.1, 0.15) is 11.5 Å². The van der Waals surface area contributed by atoms with Gasteiger partial charge in [-0.1, -0.05) is 23.9 Å². The minimum absolute atomic E-state index is 0.0758. The highest BCUT2D eigenvalue weighted by atomic mass is 32.2. The van der Waals surface area contributed by atoms with Crippen LogP contribution in [0.1, 0.15) is 5.56 Å². The standard InChI is InChI=1S/C22H26N4O4S/c1-28-13-12-26-21(17-6-10-19(30-3)11-7-17)24-25-22(26)31-15-20(27)23-14-16-4-8-18(29-2)9-5-16/h4-11H,12-15H2,1-3H3,(H,23,27). The summed E-state index contributed by atoms with van der Waals surface area (Å²) >= 11 is 1.35. The van der Waals surface area contributed by atoms with Crippen LogP contribution in [0.2, 0.25) is 0 Å². The van der Waals surface area contributed by atoms with E-state index in [1.54, 1.807) is 21.3 Å². The predicted molar refractivity (Wildman–Crippen MR) is 119 cm³/mol. The third-order valence-electron chi connectivity index (χ3n) is 4.57. The molecule has 0 atom stereocenters. The van der Waals surface area contributed by atoms with Crippen molar-refractivity contribution >= 4 is 17.7 Å². The summed E-state index contributed by atoms with van der Waals surface area (Å²) < 4.78 is 17.6. The Morgan fingerprint density at radius 2 is 1.61 bits per heavy atom. The van der Waals surface area contributed by atoms with Gasteiger partial charge in [0.15, 0.2) is 11.0 Å². The summed E-state index contributed by atoms with van der Waals surface area (Å²) in [6, 6.07) is 15.2. The Bertz CT molecular complexity index is 974. The lowest BCUT2D eigenvalue weighted by Gasteiger charge is -2.10. The van der Waals surface area contributed by atoms with Gasteiger partial charge in [0.2, 0.25) is 5.91 Å². The van der Waals surface area contributed by atoms with Gasteiger partial charge in [-0.3, -0.25) is 9.36 Å².